The summed E-state index contributed by atoms with van der Waals surface area (Å²) in [6.45, 7) is 4.75. The Bertz CT molecular complexity index is 4220. The van der Waals surface area contributed by atoms with Gasteiger partial charge in [-0.3, -0.25) is 0 Å². The Hall–Kier alpha value is -9.10. The maximum atomic E-state index is 4.24. The molecule has 0 fully saturated rings. The second kappa shape index (κ2) is 17.0. The highest BCUT2D eigenvalue weighted by Gasteiger charge is 2.36. The standard InChI is InChI=1S/C67H47N5S/c1-67(2)59-22-12-9-20-54(59)55-35-33-51(39-60(55)67)72-62-40-52(34-36-56(62)57-37-38-64-65(66(57)72)58-21-11-14-24-63(58)73-64)71(48-17-7-4-8-18-48)61-23-13-10-19-53(61)45-27-31-50(32-28-45)70(47-15-5-3-6-16-47)49-29-25-44(26-30-49)46-41-68-43-69-42-46/h3-43H,1-2H3. The molecule has 0 N–H and O–H groups in total. The Labute approximate surface area is 428 Å². The second-order valence-corrected chi connectivity index (χ2v) is 20.5. The SMILES string of the molecule is CC1(C)c2ccccc2-c2ccc(-n3c4cc(N(c5ccccc5)c5ccccc5-c5ccc(N(c6ccccc6)c6ccc(-c7cncnc7)cc6)cc5)ccc4c4ccc5sc6ccccc6c5c43)cc21. The predicted octanol–water partition coefficient (Wildman–Crippen LogP) is 18.5. The first-order chi connectivity index (χ1) is 36.0. The van der Waals surface area contributed by atoms with Crippen molar-refractivity contribution in [2.24, 2.45) is 0 Å². The van der Waals surface area contributed by atoms with Crippen molar-refractivity contribution in [3.05, 3.63) is 260 Å². The van der Waals surface area contributed by atoms with Gasteiger partial charge in [0.1, 0.15) is 6.33 Å². The van der Waals surface area contributed by atoms with Crippen molar-refractivity contribution in [2.45, 2.75) is 19.3 Å². The number of hydrogen-bond donors (Lipinski definition) is 0. The van der Waals surface area contributed by atoms with Crippen molar-refractivity contribution < 1.29 is 0 Å². The molecule has 0 saturated heterocycles. The van der Waals surface area contributed by atoms with E-state index >= 15 is 0 Å². The minimum Gasteiger partial charge on any atom is -0.311 e. The van der Waals surface area contributed by atoms with E-state index in [1.54, 1.807) is 6.33 Å². The summed E-state index contributed by atoms with van der Waals surface area (Å²) < 4.78 is 5.15. The monoisotopic (exact) mass is 953 g/mol. The minimum absolute atomic E-state index is 0.146. The number of hydrogen-bond acceptors (Lipinski definition) is 5. The molecule has 346 valence electrons. The molecule has 0 amide bonds. The molecule has 6 heteroatoms. The third-order valence-corrected chi connectivity index (χ3v) is 16.1. The number of aromatic nitrogens is 3. The quantitative estimate of drug-likeness (QED) is 0.144. The Kier molecular flexibility index (Phi) is 9.98. The van der Waals surface area contributed by atoms with Gasteiger partial charge in [0.25, 0.3) is 0 Å². The smallest absolute Gasteiger partial charge is 0.115 e. The van der Waals surface area contributed by atoms with Gasteiger partial charge < -0.3 is 14.4 Å². The van der Waals surface area contributed by atoms with E-state index in [1.165, 1.54) is 58.7 Å². The Morgan fingerprint density at radius 3 is 1.75 bits per heavy atom. The lowest BCUT2D eigenvalue weighted by molar-refractivity contribution is 0.660. The number of nitrogens with zero attached hydrogens (tertiary/aromatic N) is 5. The van der Waals surface area contributed by atoms with Crippen LogP contribution in [0.1, 0.15) is 25.0 Å². The number of thiophene rings is 1. The summed E-state index contributed by atoms with van der Waals surface area (Å²) in [4.78, 5) is 13.2. The van der Waals surface area contributed by atoms with Crippen LogP contribution >= 0.6 is 11.3 Å². The van der Waals surface area contributed by atoms with Crippen LogP contribution in [0.15, 0.2) is 249 Å². The third-order valence-electron chi connectivity index (χ3n) is 15.0. The third kappa shape index (κ3) is 6.97. The summed E-state index contributed by atoms with van der Waals surface area (Å²) in [6.07, 6.45) is 5.26. The van der Waals surface area contributed by atoms with Gasteiger partial charge in [0.05, 0.1) is 16.7 Å². The lowest BCUT2D eigenvalue weighted by atomic mass is 9.82. The Morgan fingerprint density at radius 1 is 0.411 bits per heavy atom. The van der Waals surface area contributed by atoms with Crippen LogP contribution in [-0.2, 0) is 5.41 Å². The van der Waals surface area contributed by atoms with Gasteiger partial charge in [-0.05, 0) is 124 Å². The molecule has 3 heterocycles. The van der Waals surface area contributed by atoms with E-state index in [9.17, 15) is 0 Å². The van der Waals surface area contributed by atoms with Crippen molar-refractivity contribution >= 4 is 87.4 Å². The molecule has 0 atom stereocenters. The minimum atomic E-state index is -0.146. The number of anilines is 6. The van der Waals surface area contributed by atoms with Crippen molar-refractivity contribution in [1.82, 2.24) is 14.5 Å². The molecular weight excluding hydrogens is 907 g/mol. The molecule has 10 aromatic carbocycles. The van der Waals surface area contributed by atoms with E-state index < -0.39 is 0 Å². The van der Waals surface area contributed by atoms with Gasteiger partial charge in [-0.1, -0.05) is 153 Å². The van der Waals surface area contributed by atoms with Gasteiger partial charge in [-0.2, -0.15) is 0 Å². The van der Waals surface area contributed by atoms with Crippen LogP contribution in [0.25, 0.3) is 81.0 Å². The summed E-state index contributed by atoms with van der Waals surface area (Å²) in [5, 5.41) is 5.07. The van der Waals surface area contributed by atoms with Gasteiger partial charge in [0, 0.05) is 94.0 Å². The van der Waals surface area contributed by atoms with Gasteiger partial charge in [0.2, 0.25) is 0 Å². The molecule has 1 aliphatic rings. The molecule has 5 nitrogen and oxygen atoms in total. The molecule has 0 radical (unpaired) electrons. The second-order valence-electron chi connectivity index (χ2n) is 19.5. The van der Waals surface area contributed by atoms with Gasteiger partial charge in [-0.15, -0.1) is 11.3 Å². The van der Waals surface area contributed by atoms with E-state index in [0.29, 0.717) is 0 Å². The normalized spacial score (nSPS) is 12.6. The van der Waals surface area contributed by atoms with E-state index in [2.05, 4.69) is 269 Å². The molecule has 73 heavy (non-hydrogen) atoms. The van der Waals surface area contributed by atoms with Gasteiger partial charge in [0.15, 0.2) is 0 Å². The summed E-state index contributed by atoms with van der Waals surface area (Å²) in [5.74, 6) is 0. The van der Waals surface area contributed by atoms with E-state index in [-0.39, 0.29) is 5.41 Å². The van der Waals surface area contributed by atoms with E-state index in [4.69, 9.17) is 0 Å². The molecule has 3 aromatic heterocycles. The molecule has 0 unspecified atom stereocenters. The summed E-state index contributed by atoms with van der Waals surface area (Å²) in [7, 11) is 0. The Balaban J connectivity index is 0.930. The zero-order valence-corrected chi connectivity index (χ0v) is 41.1. The maximum Gasteiger partial charge on any atom is 0.115 e. The maximum absolute atomic E-state index is 4.24. The first-order valence-corrected chi connectivity index (χ1v) is 25.7. The number of rotatable bonds is 9. The highest BCUT2D eigenvalue weighted by atomic mass is 32.1. The van der Waals surface area contributed by atoms with E-state index in [0.717, 1.165) is 67.6 Å². The zero-order chi connectivity index (χ0) is 48.6. The molecule has 0 bridgehead atoms. The van der Waals surface area contributed by atoms with Crippen LogP contribution in [0.3, 0.4) is 0 Å². The average molecular weight is 954 g/mol. The Morgan fingerprint density at radius 2 is 1.00 bits per heavy atom. The molecular formula is C67H47N5S. The van der Waals surface area contributed by atoms with Crippen molar-refractivity contribution in [2.75, 3.05) is 9.80 Å². The summed E-state index contributed by atoms with van der Waals surface area (Å²) in [5.41, 5.74) is 19.6. The van der Waals surface area contributed by atoms with Crippen molar-refractivity contribution in [3.8, 4) is 39.1 Å². The highest BCUT2D eigenvalue weighted by molar-refractivity contribution is 7.26. The van der Waals surface area contributed by atoms with Crippen LogP contribution in [0.4, 0.5) is 34.1 Å². The highest BCUT2D eigenvalue weighted by Crippen LogP contribution is 2.51. The molecule has 13 aromatic rings. The predicted molar refractivity (Wildman–Crippen MR) is 307 cm³/mol. The van der Waals surface area contributed by atoms with E-state index in [1.807, 2.05) is 23.7 Å². The number of fused-ring (bicyclic) bond motifs is 10. The lowest BCUT2D eigenvalue weighted by Crippen LogP contribution is -2.15. The van der Waals surface area contributed by atoms with Crippen molar-refractivity contribution in [3.63, 3.8) is 0 Å². The average Bonchev–Trinajstić information content (AvgIpc) is 4.07. The summed E-state index contributed by atoms with van der Waals surface area (Å²) in [6, 6.07) is 84.5. The molecule has 1 aliphatic carbocycles. The largest absolute Gasteiger partial charge is 0.311 e. The molecule has 0 saturated carbocycles. The first-order valence-electron chi connectivity index (χ1n) is 24.9. The number of para-hydroxylation sites is 3. The van der Waals surface area contributed by atoms with Crippen LogP contribution in [0.5, 0.6) is 0 Å². The zero-order valence-electron chi connectivity index (χ0n) is 40.3. The fourth-order valence-corrected chi connectivity index (χ4v) is 12.6. The molecule has 14 rings (SSSR count). The molecule has 0 aliphatic heterocycles. The van der Waals surface area contributed by atoms with Crippen LogP contribution in [0.2, 0.25) is 0 Å². The summed E-state index contributed by atoms with van der Waals surface area (Å²) >= 11 is 1.88. The number of benzene rings is 10. The van der Waals surface area contributed by atoms with Crippen molar-refractivity contribution in [1.29, 1.82) is 0 Å². The molecule has 0 spiro atoms. The van der Waals surface area contributed by atoms with Crippen LogP contribution in [0, 0.1) is 0 Å². The fourth-order valence-electron chi connectivity index (χ4n) is 11.5. The topological polar surface area (TPSA) is 37.2 Å². The van der Waals surface area contributed by atoms with Gasteiger partial charge in [-0.25, -0.2) is 9.97 Å². The van der Waals surface area contributed by atoms with Crippen LogP contribution in [-0.4, -0.2) is 14.5 Å². The fraction of sp³-hybridized carbons (Fsp3) is 0.0448. The first kappa shape index (κ1) is 42.8. The van der Waals surface area contributed by atoms with Gasteiger partial charge >= 0.3 is 0 Å². The lowest BCUT2D eigenvalue weighted by Gasteiger charge is -2.28. The van der Waals surface area contributed by atoms with Crippen LogP contribution < -0.4 is 9.80 Å².